The first kappa shape index (κ1) is 22.0. The lowest BCUT2D eigenvalue weighted by Gasteiger charge is -2.34. The van der Waals surface area contributed by atoms with Gasteiger partial charge in [0, 0.05) is 44.8 Å². The molecule has 0 saturated carbocycles. The Balaban J connectivity index is 1.31. The Morgan fingerprint density at radius 2 is 1.47 bits per heavy atom. The molecule has 1 saturated heterocycles. The summed E-state index contributed by atoms with van der Waals surface area (Å²) in [6.45, 7) is 6.10. The van der Waals surface area contributed by atoms with Gasteiger partial charge in [-0.25, -0.2) is 0 Å². The van der Waals surface area contributed by atoms with Crippen molar-refractivity contribution in [1.29, 1.82) is 0 Å². The lowest BCUT2D eigenvalue weighted by molar-refractivity contribution is 0.104. The van der Waals surface area contributed by atoms with Crippen molar-refractivity contribution in [2.45, 2.75) is 13.1 Å². The Hall–Kier alpha value is -3.21. The molecule has 0 N–H and O–H groups in total. The number of rotatable bonds is 8. The first-order valence-electron chi connectivity index (χ1n) is 11.1. The summed E-state index contributed by atoms with van der Waals surface area (Å²) in [4.78, 5) is 17.7. The Bertz CT molecular complexity index is 1050. The fraction of sp³-hybridized carbons (Fsp3) is 0.250. The van der Waals surface area contributed by atoms with Gasteiger partial charge in [-0.05, 0) is 41.0 Å². The number of ketones is 1. The van der Waals surface area contributed by atoms with Crippen LogP contribution in [0, 0.1) is 0 Å². The minimum Gasteiger partial charge on any atom is -0.497 e. The van der Waals surface area contributed by atoms with E-state index >= 15 is 0 Å². The molecule has 1 aliphatic rings. The van der Waals surface area contributed by atoms with Crippen molar-refractivity contribution in [3.05, 3.63) is 107 Å². The fourth-order valence-corrected chi connectivity index (χ4v) is 4.04. The Kier molecular flexibility index (Phi) is 7.49. The van der Waals surface area contributed by atoms with Gasteiger partial charge in [-0.1, -0.05) is 66.7 Å². The normalized spacial score (nSPS) is 15.2. The molecule has 4 nitrogen and oxygen atoms in total. The van der Waals surface area contributed by atoms with Crippen LogP contribution in [0.25, 0.3) is 6.08 Å². The number of hydrogen-bond acceptors (Lipinski definition) is 4. The highest BCUT2D eigenvalue weighted by molar-refractivity contribution is 6.06. The predicted octanol–water partition coefficient (Wildman–Crippen LogP) is 4.91. The van der Waals surface area contributed by atoms with Crippen LogP contribution in [0.15, 0.2) is 84.9 Å². The van der Waals surface area contributed by atoms with E-state index in [-0.39, 0.29) is 5.78 Å². The van der Waals surface area contributed by atoms with Crippen molar-refractivity contribution < 1.29 is 9.53 Å². The highest BCUT2D eigenvalue weighted by atomic mass is 16.5. The first-order valence-corrected chi connectivity index (χ1v) is 11.1. The molecular formula is C28H30N2O2. The van der Waals surface area contributed by atoms with Gasteiger partial charge < -0.3 is 4.74 Å². The number of allylic oxidation sites excluding steroid dienone is 1. The van der Waals surface area contributed by atoms with Crippen molar-refractivity contribution in [2.24, 2.45) is 0 Å². The zero-order valence-corrected chi connectivity index (χ0v) is 18.6. The molecule has 1 heterocycles. The third-order valence-corrected chi connectivity index (χ3v) is 5.85. The quantitative estimate of drug-likeness (QED) is 0.379. The maximum Gasteiger partial charge on any atom is 0.185 e. The molecule has 4 rings (SSSR count). The number of hydrogen-bond donors (Lipinski definition) is 0. The third kappa shape index (κ3) is 6.16. The van der Waals surface area contributed by atoms with Crippen LogP contribution in [-0.4, -0.2) is 48.9 Å². The summed E-state index contributed by atoms with van der Waals surface area (Å²) in [5, 5.41) is 0. The molecule has 0 unspecified atom stereocenters. The first-order chi connectivity index (χ1) is 15.7. The second-order valence-corrected chi connectivity index (χ2v) is 8.21. The lowest BCUT2D eigenvalue weighted by atomic mass is 10.1. The minimum atomic E-state index is 0.0161. The summed E-state index contributed by atoms with van der Waals surface area (Å²) < 4.78 is 5.24. The van der Waals surface area contributed by atoms with Crippen LogP contribution < -0.4 is 4.74 Å². The number of piperazine rings is 1. The molecule has 1 aliphatic heterocycles. The predicted molar refractivity (Wildman–Crippen MR) is 130 cm³/mol. The van der Waals surface area contributed by atoms with Crippen LogP contribution in [0.2, 0.25) is 0 Å². The van der Waals surface area contributed by atoms with Gasteiger partial charge in [0.25, 0.3) is 0 Å². The molecule has 0 atom stereocenters. The minimum absolute atomic E-state index is 0.0161. The molecule has 0 radical (unpaired) electrons. The summed E-state index contributed by atoms with van der Waals surface area (Å²) in [6, 6.07) is 26.3. The Labute approximate surface area is 190 Å². The summed E-state index contributed by atoms with van der Waals surface area (Å²) in [7, 11) is 1.64. The van der Waals surface area contributed by atoms with E-state index in [1.807, 2.05) is 48.5 Å². The topological polar surface area (TPSA) is 32.8 Å². The van der Waals surface area contributed by atoms with Gasteiger partial charge in [0.2, 0.25) is 0 Å². The number of methoxy groups -OCH3 is 1. The van der Waals surface area contributed by atoms with Gasteiger partial charge in [0.1, 0.15) is 5.75 Å². The maximum absolute atomic E-state index is 12.7. The third-order valence-electron chi connectivity index (χ3n) is 5.85. The van der Waals surface area contributed by atoms with Gasteiger partial charge in [-0.2, -0.15) is 0 Å². The molecule has 0 aliphatic carbocycles. The molecule has 0 aromatic heterocycles. The molecule has 3 aromatic carbocycles. The molecule has 3 aromatic rings. The summed E-state index contributed by atoms with van der Waals surface area (Å²) in [5.74, 6) is 0.799. The van der Waals surface area contributed by atoms with E-state index < -0.39 is 0 Å². The van der Waals surface area contributed by atoms with Crippen LogP contribution >= 0.6 is 0 Å². The fourth-order valence-electron chi connectivity index (χ4n) is 4.04. The van der Waals surface area contributed by atoms with E-state index in [9.17, 15) is 4.79 Å². The van der Waals surface area contributed by atoms with E-state index in [1.165, 1.54) is 11.1 Å². The van der Waals surface area contributed by atoms with Gasteiger partial charge in [0.05, 0.1) is 7.11 Å². The summed E-state index contributed by atoms with van der Waals surface area (Å²) in [6.07, 6.45) is 3.47. The number of carbonyl (C=O) groups is 1. The monoisotopic (exact) mass is 426 g/mol. The second-order valence-electron chi connectivity index (χ2n) is 8.21. The second kappa shape index (κ2) is 10.9. The zero-order chi connectivity index (χ0) is 22.2. The molecule has 0 bridgehead atoms. The Morgan fingerprint density at radius 3 is 2.19 bits per heavy atom. The highest BCUT2D eigenvalue weighted by Gasteiger charge is 2.17. The zero-order valence-electron chi connectivity index (χ0n) is 18.6. The number of carbonyl (C=O) groups excluding carboxylic acids is 1. The van der Waals surface area contributed by atoms with Crippen LogP contribution in [-0.2, 0) is 13.1 Å². The van der Waals surface area contributed by atoms with Crippen molar-refractivity contribution in [2.75, 3.05) is 33.3 Å². The SMILES string of the molecule is COc1cccc(/C=C/C(=O)c2cccc(CN3CCN(Cc4ccccc4)CC3)c2)c1. The molecule has 0 amide bonds. The van der Waals surface area contributed by atoms with Crippen molar-refractivity contribution in [3.8, 4) is 5.75 Å². The van der Waals surface area contributed by atoms with Crippen LogP contribution in [0.3, 0.4) is 0 Å². The van der Waals surface area contributed by atoms with E-state index in [2.05, 4.69) is 46.2 Å². The molecular weight excluding hydrogens is 396 g/mol. The molecule has 32 heavy (non-hydrogen) atoms. The van der Waals surface area contributed by atoms with Gasteiger partial charge in [-0.3, -0.25) is 14.6 Å². The standard InChI is InChI=1S/C28H30N2O2/c1-32-27-12-6-9-23(20-27)13-14-28(31)26-11-5-10-25(19-26)22-30-17-15-29(16-18-30)21-24-7-3-2-4-8-24/h2-14,19-20H,15-18,21-22H2,1H3/b14-13+. The number of nitrogens with zero attached hydrogens (tertiary/aromatic N) is 2. The van der Waals surface area contributed by atoms with E-state index in [0.29, 0.717) is 0 Å². The van der Waals surface area contributed by atoms with Gasteiger partial charge >= 0.3 is 0 Å². The number of ether oxygens (including phenoxy) is 1. The average Bonchev–Trinajstić information content (AvgIpc) is 2.85. The van der Waals surface area contributed by atoms with Crippen molar-refractivity contribution in [1.82, 2.24) is 9.80 Å². The molecule has 0 spiro atoms. The van der Waals surface area contributed by atoms with Crippen LogP contribution in [0.4, 0.5) is 0 Å². The maximum atomic E-state index is 12.7. The molecule has 164 valence electrons. The highest BCUT2D eigenvalue weighted by Crippen LogP contribution is 2.16. The average molecular weight is 427 g/mol. The summed E-state index contributed by atoms with van der Waals surface area (Å²) >= 11 is 0. The molecule has 4 heteroatoms. The van der Waals surface area contributed by atoms with E-state index in [0.717, 1.165) is 56.1 Å². The number of benzene rings is 3. The van der Waals surface area contributed by atoms with Crippen LogP contribution in [0.5, 0.6) is 5.75 Å². The Morgan fingerprint density at radius 1 is 0.812 bits per heavy atom. The van der Waals surface area contributed by atoms with Crippen molar-refractivity contribution >= 4 is 11.9 Å². The van der Waals surface area contributed by atoms with Gasteiger partial charge in [0.15, 0.2) is 5.78 Å². The van der Waals surface area contributed by atoms with E-state index in [4.69, 9.17) is 4.74 Å². The van der Waals surface area contributed by atoms with E-state index in [1.54, 1.807) is 13.2 Å². The largest absolute Gasteiger partial charge is 0.497 e. The van der Waals surface area contributed by atoms with Crippen LogP contribution in [0.1, 0.15) is 27.0 Å². The molecule has 1 fully saturated rings. The summed E-state index contributed by atoms with van der Waals surface area (Å²) in [5.41, 5.74) is 4.22. The van der Waals surface area contributed by atoms with Gasteiger partial charge in [-0.15, -0.1) is 0 Å². The smallest absolute Gasteiger partial charge is 0.185 e. The van der Waals surface area contributed by atoms with Crippen molar-refractivity contribution in [3.63, 3.8) is 0 Å². The lowest BCUT2D eigenvalue weighted by Crippen LogP contribution is -2.45.